The molecule has 0 radical (unpaired) electrons. The predicted octanol–water partition coefficient (Wildman–Crippen LogP) is 2.02. The molecule has 0 aliphatic rings. The van der Waals surface area contributed by atoms with Gasteiger partial charge in [0.05, 0.1) is 18.3 Å². The van der Waals surface area contributed by atoms with Gasteiger partial charge in [0.1, 0.15) is 6.61 Å². The van der Waals surface area contributed by atoms with Gasteiger partial charge in [0.15, 0.2) is 11.5 Å². The van der Waals surface area contributed by atoms with Crippen LogP contribution in [0, 0.1) is 0 Å². The Labute approximate surface area is 140 Å². The highest BCUT2D eigenvalue weighted by molar-refractivity contribution is 7.07. The van der Waals surface area contributed by atoms with Crippen molar-refractivity contribution in [3.63, 3.8) is 0 Å². The van der Waals surface area contributed by atoms with E-state index < -0.39 is 0 Å². The summed E-state index contributed by atoms with van der Waals surface area (Å²) in [6, 6.07) is 5.20. The first-order valence-electron chi connectivity index (χ1n) is 7.23. The van der Waals surface area contributed by atoms with Crippen molar-refractivity contribution in [2.45, 2.75) is 6.61 Å². The molecule has 23 heavy (non-hydrogen) atoms. The fourth-order valence-corrected chi connectivity index (χ4v) is 2.52. The third-order valence-corrected chi connectivity index (χ3v) is 3.95. The zero-order valence-corrected chi connectivity index (χ0v) is 14.4. The van der Waals surface area contributed by atoms with E-state index in [1.807, 2.05) is 12.4 Å². The third kappa shape index (κ3) is 4.67. The molecule has 1 aromatic heterocycles. The molecule has 0 bridgehead atoms. The number of likely N-dealkylation sites (N-methyl/N-ethyl adjacent to an activating group) is 2. The molecule has 124 valence electrons. The minimum atomic E-state index is -0.0513. The van der Waals surface area contributed by atoms with E-state index in [2.05, 4.69) is 10.3 Å². The summed E-state index contributed by atoms with van der Waals surface area (Å²) < 4.78 is 11.1. The fourth-order valence-electron chi connectivity index (χ4n) is 1.98. The van der Waals surface area contributed by atoms with Gasteiger partial charge in [-0.2, -0.15) is 0 Å². The average Bonchev–Trinajstić information content (AvgIpc) is 3.10. The first-order valence-corrected chi connectivity index (χ1v) is 8.18. The molecule has 1 heterocycles. The number of hydrogen-bond acceptors (Lipinski definition) is 6. The summed E-state index contributed by atoms with van der Waals surface area (Å²) in [7, 11) is 5.19. The van der Waals surface area contributed by atoms with Crippen LogP contribution in [0.2, 0.25) is 0 Å². The van der Waals surface area contributed by atoms with Gasteiger partial charge in [-0.05, 0) is 25.2 Å². The second kappa shape index (κ2) is 8.50. The highest BCUT2D eigenvalue weighted by Gasteiger charge is 2.15. The van der Waals surface area contributed by atoms with Crippen LogP contribution >= 0.6 is 11.3 Å². The number of nitrogens with one attached hydrogen (secondary N) is 1. The number of amides is 1. The lowest BCUT2D eigenvalue weighted by atomic mass is 10.1. The zero-order chi connectivity index (χ0) is 16.7. The van der Waals surface area contributed by atoms with Crippen molar-refractivity contribution >= 4 is 17.2 Å². The van der Waals surface area contributed by atoms with E-state index >= 15 is 0 Å². The Morgan fingerprint density at radius 2 is 2.22 bits per heavy atom. The number of benzene rings is 1. The maximum atomic E-state index is 12.4. The second-order valence-electron chi connectivity index (χ2n) is 4.96. The number of carbonyl (C=O) groups excluding carboxylic acids is 1. The van der Waals surface area contributed by atoms with Gasteiger partial charge < -0.3 is 19.7 Å². The van der Waals surface area contributed by atoms with Gasteiger partial charge >= 0.3 is 0 Å². The van der Waals surface area contributed by atoms with Gasteiger partial charge in [0.25, 0.3) is 5.91 Å². The number of nitrogens with zero attached hydrogens (tertiary/aromatic N) is 2. The van der Waals surface area contributed by atoms with Crippen LogP contribution in [0.3, 0.4) is 0 Å². The van der Waals surface area contributed by atoms with E-state index in [4.69, 9.17) is 9.47 Å². The molecule has 0 saturated heterocycles. The number of rotatable bonds is 8. The summed E-state index contributed by atoms with van der Waals surface area (Å²) >= 11 is 1.52. The SMILES string of the molecule is CNCCN(C)C(=O)c1ccc(OCc2cscn2)c(OC)c1. The van der Waals surface area contributed by atoms with E-state index in [0.29, 0.717) is 30.2 Å². The third-order valence-electron chi connectivity index (χ3n) is 3.31. The van der Waals surface area contributed by atoms with Gasteiger partial charge in [0, 0.05) is 31.1 Å². The molecule has 0 atom stereocenters. The summed E-state index contributed by atoms with van der Waals surface area (Å²) in [5, 5.41) is 4.95. The Bertz CT molecular complexity index is 632. The van der Waals surface area contributed by atoms with Crippen LogP contribution in [0.15, 0.2) is 29.1 Å². The topological polar surface area (TPSA) is 63.7 Å². The van der Waals surface area contributed by atoms with Crippen LogP contribution in [-0.2, 0) is 6.61 Å². The second-order valence-corrected chi connectivity index (χ2v) is 5.68. The summed E-state index contributed by atoms with van der Waals surface area (Å²) in [6.45, 7) is 1.75. The molecule has 0 aliphatic carbocycles. The van der Waals surface area contributed by atoms with Crippen molar-refractivity contribution in [1.29, 1.82) is 0 Å². The lowest BCUT2D eigenvalue weighted by Crippen LogP contribution is -2.32. The highest BCUT2D eigenvalue weighted by atomic mass is 32.1. The van der Waals surface area contributed by atoms with Crippen molar-refractivity contribution < 1.29 is 14.3 Å². The molecular weight excluding hydrogens is 314 g/mol. The summed E-state index contributed by atoms with van der Waals surface area (Å²) in [4.78, 5) is 18.2. The smallest absolute Gasteiger partial charge is 0.253 e. The summed E-state index contributed by atoms with van der Waals surface area (Å²) in [6.07, 6.45) is 0. The van der Waals surface area contributed by atoms with Crippen molar-refractivity contribution in [3.8, 4) is 11.5 Å². The molecule has 0 aliphatic heterocycles. The maximum Gasteiger partial charge on any atom is 0.253 e. The Kier molecular flexibility index (Phi) is 6.37. The minimum absolute atomic E-state index is 0.0513. The first kappa shape index (κ1) is 17.2. The highest BCUT2D eigenvalue weighted by Crippen LogP contribution is 2.29. The Morgan fingerprint density at radius 3 is 2.87 bits per heavy atom. The molecule has 1 aromatic carbocycles. The van der Waals surface area contributed by atoms with Crippen molar-refractivity contribution in [1.82, 2.24) is 15.2 Å². The van der Waals surface area contributed by atoms with Crippen LogP contribution in [-0.4, -0.2) is 50.1 Å². The monoisotopic (exact) mass is 335 g/mol. The number of carbonyl (C=O) groups is 1. The number of ether oxygens (including phenoxy) is 2. The van der Waals surface area contributed by atoms with Crippen LogP contribution in [0.1, 0.15) is 16.1 Å². The molecule has 7 heteroatoms. The normalized spacial score (nSPS) is 10.4. The number of methoxy groups -OCH3 is 1. The van der Waals surface area contributed by atoms with Gasteiger partial charge in [-0.25, -0.2) is 4.98 Å². The standard InChI is InChI=1S/C16H21N3O3S/c1-17-6-7-19(2)16(20)12-4-5-14(15(8-12)21-3)22-9-13-10-23-11-18-13/h4-5,8,10-11,17H,6-7,9H2,1-3H3. The van der Waals surface area contributed by atoms with Crippen LogP contribution in [0.4, 0.5) is 0 Å². The largest absolute Gasteiger partial charge is 0.493 e. The Balaban J connectivity index is 2.07. The van der Waals surface area contributed by atoms with Crippen molar-refractivity contribution in [2.75, 3.05) is 34.3 Å². The van der Waals surface area contributed by atoms with Crippen molar-refractivity contribution in [2.24, 2.45) is 0 Å². The molecule has 1 N–H and O–H groups in total. The van der Waals surface area contributed by atoms with E-state index in [1.54, 1.807) is 42.8 Å². The average molecular weight is 335 g/mol. The zero-order valence-electron chi connectivity index (χ0n) is 13.5. The van der Waals surface area contributed by atoms with Crippen LogP contribution < -0.4 is 14.8 Å². The first-order chi connectivity index (χ1) is 11.2. The molecule has 2 aromatic rings. The van der Waals surface area contributed by atoms with E-state index in [1.165, 1.54) is 11.3 Å². The van der Waals surface area contributed by atoms with Gasteiger partial charge in [-0.1, -0.05) is 0 Å². The molecule has 0 spiro atoms. The van der Waals surface area contributed by atoms with E-state index in [9.17, 15) is 4.79 Å². The van der Waals surface area contributed by atoms with E-state index in [0.717, 1.165) is 12.2 Å². The number of hydrogen-bond donors (Lipinski definition) is 1. The summed E-state index contributed by atoms with van der Waals surface area (Å²) in [5.74, 6) is 1.08. The molecular formula is C16H21N3O3S. The molecule has 6 nitrogen and oxygen atoms in total. The Hall–Kier alpha value is -2.12. The minimum Gasteiger partial charge on any atom is -0.493 e. The predicted molar refractivity (Wildman–Crippen MR) is 90.3 cm³/mol. The maximum absolute atomic E-state index is 12.4. The molecule has 2 rings (SSSR count). The number of aromatic nitrogens is 1. The van der Waals surface area contributed by atoms with Crippen LogP contribution in [0.25, 0.3) is 0 Å². The quantitative estimate of drug-likeness (QED) is 0.800. The van der Waals surface area contributed by atoms with E-state index in [-0.39, 0.29) is 5.91 Å². The lowest BCUT2D eigenvalue weighted by molar-refractivity contribution is 0.0796. The number of thiazole rings is 1. The lowest BCUT2D eigenvalue weighted by Gasteiger charge is -2.18. The van der Waals surface area contributed by atoms with Crippen molar-refractivity contribution in [3.05, 3.63) is 40.3 Å². The van der Waals surface area contributed by atoms with Gasteiger partial charge in [-0.15, -0.1) is 11.3 Å². The van der Waals surface area contributed by atoms with Gasteiger partial charge in [-0.3, -0.25) is 4.79 Å². The van der Waals surface area contributed by atoms with Gasteiger partial charge in [0.2, 0.25) is 0 Å². The molecule has 0 saturated carbocycles. The summed E-state index contributed by atoms with van der Waals surface area (Å²) in [5.41, 5.74) is 3.20. The molecule has 0 fully saturated rings. The molecule has 1 amide bonds. The Morgan fingerprint density at radius 1 is 1.39 bits per heavy atom. The van der Waals surface area contributed by atoms with Crippen LogP contribution in [0.5, 0.6) is 11.5 Å². The fraction of sp³-hybridized carbons (Fsp3) is 0.375. The molecule has 0 unspecified atom stereocenters.